The van der Waals surface area contributed by atoms with Gasteiger partial charge in [-0.25, -0.2) is 4.57 Å². The first kappa shape index (κ1) is 55.4. The first-order valence-electron chi connectivity index (χ1n) is 22.0. The molecule has 0 aliphatic heterocycles. The number of phosphoric ester groups is 1. The molecule has 12 heteroatoms. The Bertz CT molecular complexity index is 1190. The van der Waals surface area contributed by atoms with Gasteiger partial charge in [0.2, 0.25) is 0 Å². The second-order valence-corrected chi connectivity index (χ2v) is 15.9. The van der Waals surface area contributed by atoms with E-state index >= 15 is 0 Å². The van der Waals surface area contributed by atoms with Crippen molar-refractivity contribution in [3.63, 3.8) is 0 Å². The van der Waals surface area contributed by atoms with Gasteiger partial charge in [0.05, 0.1) is 19.8 Å². The highest BCUT2D eigenvalue weighted by molar-refractivity contribution is 7.47. The lowest BCUT2D eigenvalue weighted by molar-refractivity contribution is -0.161. The Morgan fingerprint density at radius 3 is 1.48 bits per heavy atom. The van der Waals surface area contributed by atoms with Crippen molar-refractivity contribution >= 4 is 19.8 Å². The molecule has 0 saturated carbocycles. The van der Waals surface area contributed by atoms with E-state index in [1.54, 1.807) is 0 Å². The molecular weight excluding hydrogens is 759 g/mol. The Morgan fingerprint density at radius 1 is 0.534 bits per heavy atom. The SMILES string of the molecule is CCCCC/C=C\C/C=C\CCCCCCCCCC(=O)OC[C@H](COP(=O)(O)OC[C@@H](O)CO)OC(=O)CCC/C=C\C/C=C\C/C=C\C/C=C\CCCCCO. The molecule has 0 bridgehead atoms. The largest absolute Gasteiger partial charge is 0.472 e. The summed E-state index contributed by atoms with van der Waals surface area (Å²) in [6.45, 7) is 0.272. The van der Waals surface area contributed by atoms with Gasteiger partial charge < -0.3 is 29.7 Å². The van der Waals surface area contributed by atoms with Crippen LogP contribution in [0.25, 0.3) is 0 Å². The van der Waals surface area contributed by atoms with Gasteiger partial charge in [0.15, 0.2) is 6.10 Å². The Hall–Kier alpha value is -2.63. The van der Waals surface area contributed by atoms with Crippen LogP contribution in [-0.2, 0) is 32.7 Å². The van der Waals surface area contributed by atoms with Gasteiger partial charge in [-0.1, -0.05) is 131 Å². The third kappa shape index (κ3) is 41.5. The summed E-state index contributed by atoms with van der Waals surface area (Å²) in [5.41, 5.74) is 0. The highest BCUT2D eigenvalue weighted by Crippen LogP contribution is 2.43. The minimum atomic E-state index is -4.64. The average molecular weight is 839 g/mol. The summed E-state index contributed by atoms with van der Waals surface area (Å²) >= 11 is 0. The van der Waals surface area contributed by atoms with Crippen molar-refractivity contribution in [2.24, 2.45) is 0 Å². The number of allylic oxidation sites excluding steroid dienone is 12. The summed E-state index contributed by atoms with van der Waals surface area (Å²) in [6.07, 6.45) is 46.0. The zero-order valence-corrected chi connectivity index (χ0v) is 36.6. The summed E-state index contributed by atoms with van der Waals surface area (Å²) in [7, 11) is -4.64. The van der Waals surface area contributed by atoms with E-state index in [4.69, 9.17) is 24.2 Å². The van der Waals surface area contributed by atoms with E-state index in [0.717, 1.165) is 77.0 Å². The molecule has 58 heavy (non-hydrogen) atoms. The van der Waals surface area contributed by atoms with Crippen LogP contribution in [0.2, 0.25) is 0 Å². The standard InChI is InChI=1S/C46H79O11P/c1-2-3-4-5-6-7-8-9-10-12-15-18-21-24-27-30-33-36-45(50)54-41-44(42-56-58(52,53)55-40-43(49)39-48)57-46(51)37-34-31-28-25-22-19-16-13-11-14-17-20-23-26-29-32-35-38-47/h6-7,9-11,14,16,19-20,23,25,28,43-44,47-49H,2-5,8,12-13,15,17-18,21-22,24,26-27,29-42H2,1H3,(H,52,53)/b7-6-,10-9-,14-11-,19-16-,23-20-,28-25-/t43-,44+/m0/s1. The fourth-order valence-corrected chi connectivity index (χ4v) is 6.25. The molecule has 0 aromatic carbocycles. The molecule has 4 N–H and O–H groups in total. The Morgan fingerprint density at radius 2 is 0.966 bits per heavy atom. The van der Waals surface area contributed by atoms with Crippen LogP contribution in [-0.4, -0.2) is 77.4 Å². The summed E-state index contributed by atoms with van der Waals surface area (Å²) in [5, 5.41) is 27.1. The topological polar surface area (TPSA) is 169 Å². The normalized spacial score (nSPS) is 14.5. The second kappa shape index (κ2) is 42.5. The van der Waals surface area contributed by atoms with E-state index in [9.17, 15) is 24.2 Å². The van der Waals surface area contributed by atoms with E-state index < -0.39 is 51.8 Å². The molecule has 0 spiro atoms. The number of aliphatic hydroxyl groups excluding tert-OH is 3. The van der Waals surface area contributed by atoms with Crippen molar-refractivity contribution in [3.05, 3.63) is 72.9 Å². The molecule has 11 nitrogen and oxygen atoms in total. The maximum atomic E-state index is 12.6. The minimum Gasteiger partial charge on any atom is -0.462 e. The number of rotatable bonds is 41. The quantitative estimate of drug-likeness (QED) is 0.0200. The van der Waals surface area contributed by atoms with Crippen molar-refractivity contribution in [3.8, 4) is 0 Å². The van der Waals surface area contributed by atoms with Crippen LogP contribution in [0, 0.1) is 0 Å². The van der Waals surface area contributed by atoms with Crippen LogP contribution < -0.4 is 0 Å². The van der Waals surface area contributed by atoms with Gasteiger partial charge in [-0.2, -0.15) is 0 Å². The first-order valence-corrected chi connectivity index (χ1v) is 23.5. The van der Waals surface area contributed by atoms with E-state index in [2.05, 4.69) is 72.2 Å². The van der Waals surface area contributed by atoms with E-state index in [1.165, 1.54) is 44.9 Å². The highest BCUT2D eigenvalue weighted by atomic mass is 31.2. The minimum absolute atomic E-state index is 0.0933. The van der Waals surface area contributed by atoms with Crippen LogP contribution in [0.4, 0.5) is 0 Å². The number of carbonyl (C=O) groups excluding carboxylic acids is 2. The third-order valence-corrected chi connectivity index (χ3v) is 9.84. The van der Waals surface area contributed by atoms with Crippen molar-refractivity contribution < 1.29 is 52.9 Å². The molecule has 1 unspecified atom stereocenters. The maximum absolute atomic E-state index is 12.6. The molecule has 0 aromatic heterocycles. The fourth-order valence-electron chi connectivity index (χ4n) is 5.46. The lowest BCUT2D eigenvalue weighted by atomic mass is 10.1. The number of hydrogen-bond donors (Lipinski definition) is 4. The van der Waals surface area contributed by atoms with E-state index in [0.29, 0.717) is 19.3 Å². The Balaban J connectivity index is 4.40. The molecule has 0 fully saturated rings. The molecule has 0 aliphatic carbocycles. The van der Waals surface area contributed by atoms with Gasteiger partial charge >= 0.3 is 19.8 Å². The molecule has 0 amide bonds. The predicted molar refractivity (Wildman–Crippen MR) is 234 cm³/mol. The highest BCUT2D eigenvalue weighted by Gasteiger charge is 2.27. The maximum Gasteiger partial charge on any atom is 0.472 e. The number of aliphatic hydroxyl groups is 3. The molecule has 0 heterocycles. The van der Waals surface area contributed by atoms with Crippen molar-refractivity contribution in [2.75, 3.05) is 33.0 Å². The number of unbranched alkanes of at least 4 members (excludes halogenated alkanes) is 14. The zero-order valence-electron chi connectivity index (χ0n) is 35.7. The van der Waals surface area contributed by atoms with E-state index in [1.807, 2.05) is 12.2 Å². The van der Waals surface area contributed by atoms with Gasteiger partial charge in [-0.15, -0.1) is 0 Å². The molecule has 0 aliphatic rings. The Kier molecular flexibility index (Phi) is 40.6. The lowest BCUT2D eigenvalue weighted by Gasteiger charge is -2.20. The molecule has 334 valence electrons. The van der Waals surface area contributed by atoms with Crippen molar-refractivity contribution in [1.29, 1.82) is 0 Å². The second-order valence-electron chi connectivity index (χ2n) is 14.4. The van der Waals surface area contributed by atoms with Crippen LogP contribution >= 0.6 is 7.82 Å². The number of hydrogen-bond acceptors (Lipinski definition) is 10. The van der Waals surface area contributed by atoms with Crippen molar-refractivity contribution in [1.82, 2.24) is 0 Å². The monoisotopic (exact) mass is 839 g/mol. The van der Waals surface area contributed by atoms with Gasteiger partial charge in [-0.05, 0) is 89.9 Å². The van der Waals surface area contributed by atoms with Gasteiger partial charge in [0.1, 0.15) is 12.7 Å². The fraction of sp³-hybridized carbons (Fsp3) is 0.696. The molecule has 0 radical (unpaired) electrons. The molecule has 0 rings (SSSR count). The predicted octanol–water partition coefficient (Wildman–Crippen LogP) is 10.6. The molecule has 0 saturated heterocycles. The first-order chi connectivity index (χ1) is 28.2. The summed E-state index contributed by atoms with van der Waals surface area (Å²) in [6, 6.07) is 0. The summed E-state index contributed by atoms with van der Waals surface area (Å²) in [4.78, 5) is 35.0. The molecule has 0 aromatic rings. The Labute approximate surface area is 351 Å². The zero-order chi connectivity index (χ0) is 42.6. The van der Waals surface area contributed by atoms with E-state index in [-0.39, 0.29) is 26.1 Å². The number of phosphoric acid groups is 1. The smallest absolute Gasteiger partial charge is 0.462 e. The summed E-state index contributed by atoms with van der Waals surface area (Å²) in [5.74, 6) is -1.02. The number of ether oxygens (including phenoxy) is 2. The van der Waals surface area contributed by atoms with Crippen LogP contribution in [0.1, 0.15) is 161 Å². The molecule has 3 atom stereocenters. The van der Waals surface area contributed by atoms with Gasteiger partial charge in [0, 0.05) is 19.4 Å². The average Bonchev–Trinajstić information content (AvgIpc) is 3.21. The van der Waals surface area contributed by atoms with Gasteiger partial charge in [-0.3, -0.25) is 18.6 Å². The van der Waals surface area contributed by atoms with Crippen LogP contribution in [0.3, 0.4) is 0 Å². The number of esters is 2. The summed E-state index contributed by atoms with van der Waals surface area (Å²) < 4.78 is 32.6. The van der Waals surface area contributed by atoms with Crippen LogP contribution in [0.15, 0.2) is 72.9 Å². The lowest BCUT2D eigenvalue weighted by Crippen LogP contribution is -2.29. The third-order valence-electron chi connectivity index (χ3n) is 8.89. The molecular formula is C46H79O11P. The number of carbonyl (C=O) groups is 2. The van der Waals surface area contributed by atoms with Gasteiger partial charge in [0.25, 0.3) is 0 Å². The van der Waals surface area contributed by atoms with Crippen molar-refractivity contribution in [2.45, 2.75) is 173 Å². The van der Waals surface area contributed by atoms with Crippen LogP contribution in [0.5, 0.6) is 0 Å².